The molecule has 0 saturated carbocycles. The monoisotopic (exact) mass is 230 g/mol. The second-order valence-electron chi connectivity index (χ2n) is 4.50. The lowest BCUT2D eigenvalue weighted by molar-refractivity contribution is 0.623. The van der Waals surface area contributed by atoms with Gasteiger partial charge in [-0.05, 0) is 65.8 Å². The Morgan fingerprint density at radius 3 is 1.59 bits per heavy atom. The van der Waals surface area contributed by atoms with E-state index in [0.717, 1.165) is 41.5 Å². The molecule has 0 unspecified atom stereocenters. The van der Waals surface area contributed by atoms with Crippen LogP contribution < -0.4 is 0 Å². The summed E-state index contributed by atoms with van der Waals surface area (Å²) in [6, 6.07) is 9.85. The van der Waals surface area contributed by atoms with Crippen LogP contribution in [0.5, 0.6) is 0 Å². The second kappa shape index (κ2) is 3.95. The summed E-state index contributed by atoms with van der Waals surface area (Å²) < 4.78 is 26.3. The van der Waals surface area contributed by atoms with Gasteiger partial charge in [0.05, 0.1) is 0 Å². The van der Waals surface area contributed by atoms with Gasteiger partial charge in [0.1, 0.15) is 11.6 Å². The van der Waals surface area contributed by atoms with Crippen LogP contribution in [0.2, 0.25) is 0 Å². The first kappa shape index (κ1) is 10.5. The smallest absolute Gasteiger partial charge is 0.123 e. The third kappa shape index (κ3) is 1.95. The molecule has 0 fully saturated rings. The minimum Gasteiger partial charge on any atom is -0.207 e. The first-order chi connectivity index (χ1) is 8.22. The van der Waals surface area contributed by atoms with E-state index in [-0.39, 0.29) is 11.6 Å². The van der Waals surface area contributed by atoms with Gasteiger partial charge in [0, 0.05) is 0 Å². The van der Waals surface area contributed by atoms with Gasteiger partial charge < -0.3 is 0 Å². The van der Waals surface area contributed by atoms with Crippen LogP contribution in [0, 0.1) is 11.6 Å². The topological polar surface area (TPSA) is 0 Å². The molecule has 0 aromatic heterocycles. The molecule has 0 spiro atoms. The Kier molecular flexibility index (Phi) is 2.43. The van der Waals surface area contributed by atoms with Gasteiger partial charge in [-0.15, -0.1) is 0 Å². The fourth-order valence-electron chi connectivity index (χ4n) is 2.47. The Bertz CT molecular complexity index is 522. The number of aryl methyl sites for hydroxylation is 2. The molecule has 3 rings (SSSR count). The summed E-state index contributed by atoms with van der Waals surface area (Å²) in [5.41, 5.74) is 4.39. The summed E-state index contributed by atoms with van der Waals surface area (Å²) in [5, 5.41) is 0. The van der Waals surface area contributed by atoms with Crippen molar-refractivity contribution in [1.29, 1.82) is 0 Å². The Morgan fingerprint density at radius 2 is 1.12 bits per heavy atom. The van der Waals surface area contributed by atoms with E-state index in [0.29, 0.717) is 0 Å². The zero-order valence-electron chi connectivity index (χ0n) is 9.34. The molecule has 86 valence electrons. The summed E-state index contributed by atoms with van der Waals surface area (Å²) in [5.74, 6) is -0.387. The van der Waals surface area contributed by atoms with E-state index in [4.69, 9.17) is 0 Å². The second-order valence-corrected chi connectivity index (χ2v) is 4.50. The van der Waals surface area contributed by atoms with Crippen LogP contribution in [0.1, 0.15) is 22.3 Å². The molecule has 17 heavy (non-hydrogen) atoms. The van der Waals surface area contributed by atoms with Crippen LogP contribution in [0.15, 0.2) is 36.4 Å². The molecule has 1 aliphatic rings. The predicted octanol–water partition coefficient (Wildman–Crippen LogP) is 3.65. The average Bonchev–Trinajstić information content (AvgIpc) is 2.48. The Morgan fingerprint density at radius 1 is 0.647 bits per heavy atom. The van der Waals surface area contributed by atoms with Gasteiger partial charge in [-0.1, -0.05) is 12.1 Å². The Balaban J connectivity index is 2.07. The average molecular weight is 230 g/mol. The van der Waals surface area contributed by atoms with E-state index in [2.05, 4.69) is 0 Å². The lowest BCUT2D eigenvalue weighted by Crippen LogP contribution is -1.93. The highest BCUT2D eigenvalue weighted by Gasteiger charge is 2.14. The Labute approximate surface area is 98.9 Å². The molecule has 0 radical (unpaired) electrons. The van der Waals surface area contributed by atoms with Gasteiger partial charge >= 0.3 is 0 Å². The van der Waals surface area contributed by atoms with Gasteiger partial charge in [0.15, 0.2) is 0 Å². The van der Waals surface area contributed by atoms with E-state index in [1.165, 1.54) is 12.1 Å². The highest BCUT2D eigenvalue weighted by Crippen LogP contribution is 2.25. The maximum atomic E-state index is 13.2. The molecule has 0 amide bonds. The van der Waals surface area contributed by atoms with Crippen molar-refractivity contribution in [3.8, 4) is 0 Å². The van der Waals surface area contributed by atoms with Gasteiger partial charge in [-0.25, -0.2) is 8.78 Å². The molecule has 2 heteroatoms. The molecular formula is C15H12F2. The standard InChI is InChI=1S/C15H12F2/c16-14-5-3-10-7-11-4-6-15(17)9-13(11)2-1-12(10)8-14/h3-6,8-9H,1-2,7H2. The van der Waals surface area contributed by atoms with Gasteiger partial charge in [0.2, 0.25) is 0 Å². The van der Waals surface area contributed by atoms with Crippen molar-refractivity contribution >= 4 is 0 Å². The highest BCUT2D eigenvalue weighted by atomic mass is 19.1. The number of hydrogen-bond acceptors (Lipinski definition) is 0. The van der Waals surface area contributed by atoms with E-state index in [9.17, 15) is 8.78 Å². The molecule has 1 aliphatic carbocycles. The van der Waals surface area contributed by atoms with Crippen molar-refractivity contribution in [2.75, 3.05) is 0 Å². The van der Waals surface area contributed by atoms with E-state index in [1.807, 2.05) is 12.1 Å². The number of halogens is 2. The molecular weight excluding hydrogens is 218 g/mol. The molecule has 0 aliphatic heterocycles. The highest BCUT2D eigenvalue weighted by molar-refractivity contribution is 5.40. The summed E-state index contributed by atoms with van der Waals surface area (Å²) in [6.45, 7) is 0. The van der Waals surface area contributed by atoms with Crippen molar-refractivity contribution in [2.24, 2.45) is 0 Å². The molecule has 2 aromatic rings. The van der Waals surface area contributed by atoms with Crippen LogP contribution in [-0.4, -0.2) is 0 Å². The summed E-state index contributed by atoms with van der Waals surface area (Å²) in [7, 11) is 0. The Hall–Kier alpha value is -1.70. The minimum atomic E-state index is -0.194. The van der Waals surface area contributed by atoms with Gasteiger partial charge in [-0.2, -0.15) is 0 Å². The molecule has 0 nitrogen and oxygen atoms in total. The number of rotatable bonds is 0. The lowest BCUT2D eigenvalue weighted by atomic mass is 10.0. The van der Waals surface area contributed by atoms with Crippen molar-refractivity contribution in [1.82, 2.24) is 0 Å². The molecule has 0 bridgehead atoms. The van der Waals surface area contributed by atoms with E-state index < -0.39 is 0 Å². The third-order valence-electron chi connectivity index (χ3n) is 3.38. The summed E-state index contributed by atoms with van der Waals surface area (Å²) in [6.07, 6.45) is 2.33. The van der Waals surface area contributed by atoms with Crippen LogP contribution in [0.25, 0.3) is 0 Å². The predicted molar refractivity (Wildman–Crippen MR) is 63.0 cm³/mol. The van der Waals surface area contributed by atoms with Crippen LogP contribution in [0.4, 0.5) is 8.78 Å². The molecule has 0 heterocycles. The quantitative estimate of drug-likeness (QED) is 0.648. The van der Waals surface area contributed by atoms with E-state index in [1.54, 1.807) is 12.1 Å². The van der Waals surface area contributed by atoms with Gasteiger partial charge in [-0.3, -0.25) is 0 Å². The first-order valence-corrected chi connectivity index (χ1v) is 5.77. The lowest BCUT2D eigenvalue weighted by Gasteiger charge is -2.05. The molecule has 2 aromatic carbocycles. The van der Waals surface area contributed by atoms with E-state index >= 15 is 0 Å². The van der Waals surface area contributed by atoms with Crippen molar-refractivity contribution in [3.63, 3.8) is 0 Å². The zero-order valence-corrected chi connectivity index (χ0v) is 9.34. The summed E-state index contributed by atoms with van der Waals surface area (Å²) >= 11 is 0. The number of benzene rings is 2. The van der Waals surface area contributed by atoms with Crippen LogP contribution >= 0.6 is 0 Å². The molecule has 0 saturated heterocycles. The number of hydrogen-bond donors (Lipinski definition) is 0. The summed E-state index contributed by atoms with van der Waals surface area (Å²) in [4.78, 5) is 0. The fourth-order valence-corrected chi connectivity index (χ4v) is 2.47. The zero-order chi connectivity index (χ0) is 11.8. The molecule has 0 N–H and O–H groups in total. The maximum absolute atomic E-state index is 13.2. The van der Waals surface area contributed by atoms with Crippen molar-refractivity contribution < 1.29 is 8.78 Å². The SMILES string of the molecule is Fc1ccc2c(c1)CCc1cc(F)ccc1C2. The van der Waals surface area contributed by atoms with Crippen molar-refractivity contribution in [3.05, 3.63) is 70.3 Å². The number of fused-ring (bicyclic) bond motifs is 2. The van der Waals surface area contributed by atoms with Crippen molar-refractivity contribution in [2.45, 2.75) is 19.3 Å². The molecule has 0 atom stereocenters. The fraction of sp³-hybridized carbons (Fsp3) is 0.200. The minimum absolute atomic E-state index is 0.194. The van der Waals surface area contributed by atoms with Gasteiger partial charge in [0.25, 0.3) is 0 Å². The van der Waals surface area contributed by atoms with Crippen LogP contribution in [0.3, 0.4) is 0 Å². The normalized spacial score (nSPS) is 13.8. The van der Waals surface area contributed by atoms with Crippen LogP contribution in [-0.2, 0) is 19.3 Å². The largest absolute Gasteiger partial charge is 0.207 e. The maximum Gasteiger partial charge on any atom is 0.123 e. The first-order valence-electron chi connectivity index (χ1n) is 5.77. The third-order valence-corrected chi connectivity index (χ3v) is 3.38.